The predicted molar refractivity (Wildman–Crippen MR) is 84.7 cm³/mol. The topological polar surface area (TPSA) is 97.9 Å². The second-order valence-corrected chi connectivity index (χ2v) is 4.63. The first-order chi connectivity index (χ1) is 11.2. The smallest absolute Gasteiger partial charge is 0.279 e. The Morgan fingerprint density at radius 2 is 2.00 bits per heavy atom. The van der Waals surface area contributed by atoms with Crippen LogP contribution in [0.5, 0.6) is 11.5 Å². The number of phenolic OH excluding ortho intramolecular Hbond substituents is 1. The molecular weight excluding hydrogens is 298 g/mol. The number of para-hydroxylation sites is 1. The highest BCUT2D eigenvalue weighted by Crippen LogP contribution is 2.33. The molecule has 0 saturated carbocycles. The number of non-ortho nitro benzene ring substituents is 1. The van der Waals surface area contributed by atoms with E-state index in [4.69, 9.17) is 4.84 Å². The lowest BCUT2D eigenvalue weighted by molar-refractivity contribution is -0.383. The number of nitro groups is 1. The number of aromatic hydroxyl groups is 1. The SMILES string of the molecule is O=[N+]([O-])c1cc(/C=N/Oc2ccccc2)c(O)c2ncccc12. The minimum Gasteiger partial charge on any atom is -0.505 e. The third kappa shape index (κ3) is 2.93. The number of aromatic nitrogens is 1. The highest BCUT2D eigenvalue weighted by atomic mass is 16.6. The van der Waals surface area contributed by atoms with Crippen LogP contribution in [0.15, 0.2) is 59.9 Å². The summed E-state index contributed by atoms with van der Waals surface area (Å²) in [4.78, 5) is 19.8. The van der Waals surface area contributed by atoms with Gasteiger partial charge in [-0.15, -0.1) is 0 Å². The van der Waals surface area contributed by atoms with Crippen molar-refractivity contribution in [2.45, 2.75) is 0 Å². The molecule has 0 saturated heterocycles. The first-order valence-electron chi connectivity index (χ1n) is 6.67. The van der Waals surface area contributed by atoms with Gasteiger partial charge in [0.2, 0.25) is 0 Å². The zero-order valence-electron chi connectivity index (χ0n) is 11.8. The lowest BCUT2D eigenvalue weighted by atomic mass is 10.1. The van der Waals surface area contributed by atoms with Gasteiger partial charge in [-0.3, -0.25) is 15.1 Å². The van der Waals surface area contributed by atoms with E-state index < -0.39 is 4.92 Å². The summed E-state index contributed by atoms with van der Waals surface area (Å²) >= 11 is 0. The fourth-order valence-corrected chi connectivity index (χ4v) is 2.11. The molecule has 114 valence electrons. The largest absolute Gasteiger partial charge is 0.505 e. The predicted octanol–water partition coefficient (Wildman–Crippen LogP) is 3.26. The van der Waals surface area contributed by atoms with Crippen LogP contribution < -0.4 is 4.84 Å². The molecule has 0 aliphatic heterocycles. The van der Waals surface area contributed by atoms with Crippen LogP contribution in [-0.2, 0) is 0 Å². The fourth-order valence-electron chi connectivity index (χ4n) is 2.11. The van der Waals surface area contributed by atoms with Crippen molar-refractivity contribution < 1.29 is 14.9 Å². The van der Waals surface area contributed by atoms with Gasteiger partial charge in [-0.1, -0.05) is 23.4 Å². The maximum Gasteiger partial charge on any atom is 0.279 e. The molecule has 0 amide bonds. The Labute approximate surface area is 130 Å². The summed E-state index contributed by atoms with van der Waals surface area (Å²) < 4.78 is 0. The Kier molecular flexibility index (Phi) is 3.84. The first kappa shape index (κ1) is 14.5. The first-order valence-corrected chi connectivity index (χ1v) is 6.67. The third-order valence-electron chi connectivity index (χ3n) is 3.16. The van der Waals surface area contributed by atoms with Crippen LogP contribution in [0.4, 0.5) is 5.69 Å². The number of nitro benzene ring substituents is 1. The molecule has 23 heavy (non-hydrogen) atoms. The van der Waals surface area contributed by atoms with Gasteiger partial charge in [0.25, 0.3) is 5.69 Å². The second-order valence-electron chi connectivity index (χ2n) is 4.63. The second kappa shape index (κ2) is 6.10. The van der Waals surface area contributed by atoms with E-state index in [0.29, 0.717) is 5.75 Å². The fraction of sp³-hybridized carbons (Fsp3) is 0. The molecule has 3 rings (SSSR count). The van der Waals surface area contributed by atoms with E-state index in [1.807, 2.05) is 6.07 Å². The molecule has 1 heterocycles. The van der Waals surface area contributed by atoms with Crippen molar-refractivity contribution >= 4 is 22.8 Å². The Morgan fingerprint density at radius 3 is 2.74 bits per heavy atom. The van der Waals surface area contributed by atoms with Gasteiger partial charge >= 0.3 is 0 Å². The van der Waals surface area contributed by atoms with Crippen LogP contribution in [0.1, 0.15) is 5.56 Å². The van der Waals surface area contributed by atoms with Crippen molar-refractivity contribution in [3.8, 4) is 11.5 Å². The quantitative estimate of drug-likeness (QED) is 0.453. The average molecular weight is 309 g/mol. The molecule has 7 nitrogen and oxygen atoms in total. The van der Waals surface area contributed by atoms with Crippen molar-refractivity contribution in [1.82, 2.24) is 4.98 Å². The van der Waals surface area contributed by atoms with Crippen LogP contribution in [0.25, 0.3) is 10.9 Å². The molecule has 0 aliphatic carbocycles. The van der Waals surface area contributed by atoms with Crippen molar-refractivity contribution in [1.29, 1.82) is 0 Å². The number of rotatable bonds is 4. The Bertz CT molecular complexity index is 894. The number of hydrogen-bond donors (Lipinski definition) is 1. The number of pyridine rings is 1. The number of fused-ring (bicyclic) bond motifs is 1. The van der Waals surface area contributed by atoms with Crippen molar-refractivity contribution in [2.75, 3.05) is 0 Å². The number of benzene rings is 2. The summed E-state index contributed by atoms with van der Waals surface area (Å²) in [5, 5.41) is 25.4. The molecule has 1 N–H and O–H groups in total. The molecule has 0 aliphatic rings. The zero-order valence-corrected chi connectivity index (χ0v) is 11.8. The molecule has 0 atom stereocenters. The summed E-state index contributed by atoms with van der Waals surface area (Å²) in [6, 6.07) is 13.2. The van der Waals surface area contributed by atoms with Crippen molar-refractivity contribution in [2.24, 2.45) is 5.16 Å². The Hall–Kier alpha value is -3.48. The average Bonchev–Trinajstić information content (AvgIpc) is 2.58. The molecule has 0 unspecified atom stereocenters. The summed E-state index contributed by atoms with van der Waals surface area (Å²) in [6.07, 6.45) is 2.66. The zero-order chi connectivity index (χ0) is 16.2. The minimum atomic E-state index is -0.529. The lowest BCUT2D eigenvalue weighted by Crippen LogP contribution is -1.95. The number of hydrogen-bond acceptors (Lipinski definition) is 6. The lowest BCUT2D eigenvalue weighted by Gasteiger charge is -2.04. The maximum atomic E-state index is 11.2. The molecule has 1 aromatic heterocycles. The van der Waals surface area contributed by atoms with E-state index in [1.54, 1.807) is 30.3 Å². The molecule has 0 fully saturated rings. The van der Waals surface area contributed by atoms with Crippen LogP contribution >= 0.6 is 0 Å². The molecule has 7 heteroatoms. The van der Waals surface area contributed by atoms with Gasteiger partial charge in [0.1, 0.15) is 5.52 Å². The van der Waals surface area contributed by atoms with Gasteiger partial charge < -0.3 is 9.94 Å². The van der Waals surface area contributed by atoms with Crippen LogP contribution in [-0.4, -0.2) is 21.2 Å². The Morgan fingerprint density at radius 1 is 1.22 bits per heavy atom. The van der Waals surface area contributed by atoms with Crippen molar-refractivity contribution in [3.63, 3.8) is 0 Å². The van der Waals surface area contributed by atoms with E-state index in [-0.39, 0.29) is 27.9 Å². The van der Waals surface area contributed by atoms with Gasteiger partial charge in [0, 0.05) is 17.8 Å². The molecule has 0 spiro atoms. The summed E-state index contributed by atoms with van der Waals surface area (Å²) in [6.45, 7) is 0. The van der Waals surface area contributed by atoms with Gasteiger partial charge in [0.15, 0.2) is 11.5 Å². The summed E-state index contributed by atoms with van der Waals surface area (Å²) in [5.74, 6) is 0.322. The number of nitrogens with zero attached hydrogens (tertiary/aromatic N) is 3. The standard InChI is InChI=1S/C16H11N3O4/c20-16-11(10-18-23-12-5-2-1-3-6-12)9-14(19(21)22)13-7-4-8-17-15(13)16/h1-10,20H/b18-10+. The van der Waals surface area contributed by atoms with Gasteiger partial charge in [-0.25, -0.2) is 0 Å². The van der Waals surface area contributed by atoms with Crippen molar-refractivity contribution in [3.05, 3.63) is 70.4 Å². The monoisotopic (exact) mass is 309 g/mol. The molecule has 3 aromatic rings. The van der Waals surface area contributed by atoms with Gasteiger partial charge in [0.05, 0.1) is 16.5 Å². The summed E-state index contributed by atoms with van der Waals surface area (Å²) in [7, 11) is 0. The van der Waals surface area contributed by atoms with Crippen LogP contribution in [0.2, 0.25) is 0 Å². The number of oxime groups is 1. The molecular formula is C16H11N3O4. The van der Waals surface area contributed by atoms with E-state index >= 15 is 0 Å². The minimum absolute atomic E-state index is 0.142. The molecule has 0 bridgehead atoms. The molecule has 2 aromatic carbocycles. The normalized spacial score (nSPS) is 11.0. The van der Waals surface area contributed by atoms with Crippen LogP contribution in [0, 0.1) is 10.1 Å². The van der Waals surface area contributed by atoms with E-state index in [2.05, 4.69) is 10.1 Å². The highest BCUT2D eigenvalue weighted by Gasteiger charge is 2.18. The maximum absolute atomic E-state index is 11.2. The van der Waals surface area contributed by atoms with Gasteiger partial charge in [-0.05, 0) is 24.3 Å². The van der Waals surface area contributed by atoms with Gasteiger partial charge in [-0.2, -0.15) is 0 Å². The highest BCUT2D eigenvalue weighted by molar-refractivity contribution is 6.00. The Balaban J connectivity index is 2.00. The molecule has 0 radical (unpaired) electrons. The van der Waals surface area contributed by atoms with Crippen LogP contribution in [0.3, 0.4) is 0 Å². The van der Waals surface area contributed by atoms with E-state index in [9.17, 15) is 15.2 Å². The number of phenols is 1. The van der Waals surface area contributed by atoms with E-state index in [1.165, 1.54) is 24.5 Å². The third-order valence-corrected chi connectivity index (χ3v) is 3.16. The summed E-state index contributed by atoms with van der Waals surface area (Å²) in [5.41, 5.74) is 0.133. The van der Waals surface area contributed by atoms with E-state index in [0.717, 1.165) is 0 Å².